The van der Waals surface area contributed by atoms with E-state index in [0.717, 1.165) is 17.8 Å². The Morgan fingerprint density at radius 1 is 1.45 bits per heavy atom. The van der Waals surface area contributed by atoms with Crippen molar-refractivity contribution in [2.75, 3.05) is 0 Å². The molecule has 0 radical (unpaired) electrons. The minimum atomic E-state index is -0.178. The Hall–Kier alpha value is -2.08. The number of phenolic OH excluding ortho intramolecular Hbond substituents is 1. The highest BCUT2D eigenvalue weighted by molar-refractivity contribution is 6.32. The first-order valence-corrected chi connectivity index (χ1v) is 7.57. The topological polar surface area (TPSA) is 80.0 Å². The van der Waals surface area contributed by atoms with E-state index in [1.807, 2.05) is 13.8 Å². The Bertz CT molecular complexity index is 657. The van der Waals surface area contributed by atoms with Gasteiger partial charge in [-0.3, -0.25) is 4.79 Å². The number of aryl methyl sites for hydroxylation is 1. The number of aromatic hydroxyl groups is 1. The average molecular weight is 323 g/mol. The molecule has 2 rings (SSSR count). The highest BCUT2D eigenvalue weighted by Gasteiger charge is 2.18. The highest BCUT2D eigenvalue weighted by atomic mass is 35.5. The minimum Gasteiger partial charge on any atom is -0.506 e. The number of hydrogen-bond donors (Lipinski definition) is 2. The van der Waals surface area contributed by atoms with Gasteiger partial charge in [0.15, 0.2) is 0 Å². The van der Waals surface area contributed by atoms with Crippen LogP contribution in [0.5, 0.6) is 5.75 Å². The Morgan fingerprint density at radius 2 is 2.23 bits per heavy atom. The lowest BCUT2D eigenvalue weighted by Gasteiger charge is -2.17. The van der Waals surface area contributed by atoms with Crippen molar-refractivity contribution in [3.05, 3.63) is 40.9 Å². The van der Waals surface area contributed by atoms with Crippen LogP contribution in [0.4, 0.5) is 0 Å². The summed E-state index contributed by atoms with van der Waals surface area (Å²) in [5.74, 6) is 0.634. The minimum absolute atomic E-state index is 0.00769. The molecule has 22 heavy (non-hydrogen) atoms. The Kier molecular flexibility index (Phi) is 5.38. The normalized spacial score (nSPS) is 12.1. The lowest BCUT2D eigenvalue weighted by Crippen LogP contribution is -2.31. The van der Waals surface area contributed by atoms with Gasteiger partial charge in [0, 0.05) is 6.54 Å². The molecular formula is C15H19ClN4O2. The summed E-state index contributed by atoms with van der Waals surface area (Å²) < 4.78 is 1.77. The standard InChI is InChI=1S/C15H19ClN4O2/c1-3-12(15-17-9-18-20(15)4-2)19-14(22)8-10-5-6-13(21)11(16)7-10/h5-7,9,12,21H,3-4,8H2,1-2H3,(H,19,22)/t12-/m1/s1. The van der Waals surface area contributed by atoms with E-state index in [-0.39, 0.29) is 29.1 Å². The molecule has 7 heteroatoms. The predicted octanol–water partition coefficient (Wildman–Crippen LogP) is 2.47. The van der Waals surface area contributed by atoms with Gasteiger partial charge in [-0.15, -0.1) is 0 Å². The van der Waals surface area contributed by atoms with Crippen LogP contribution in [-0.2, 0) is 17.8 Å². The van der Waals surface area contributed by atoms with Gasteiger partial charge < -0.3 is 10.4 Å². The van der Waals surface area contributed by atoms with Gasteiger partial charge in [-0.1, -0.05) is 24.6 Å². The summed E-state index contributed by atoms with van der Waals surface area (Å²) in [4.78, 5) is 16.4. The molecule has 0 bridgehead atoms. The maximum atomic E-state index is 12.2. The van der Waals surface area contributed by atoms with E-state index in [9.17, 15) is 9.90 Å². The van der Waals surface area contributed by atoms with Crippen LogP contribution in [0.1, 0.15) is 37.7 Å². The van der Waals surface area contributed by atoms with Crippen molar-refractivity contribution < 1.29 is 9.90 Å². The second-order valence-corrected chi connectivity index (χ2v) is 5.33. The zero-order valence-electron chi connectivity index (χ0n) is 12.6. The fraction of sp³-hybridized carbons (Fsp3) is 0.400. The highest BCUT2D eigenvalue weighted by Crippen LogP contribution is 2.24. The molecule has 1 aromatic carbocycles. The van der Waals surface area contributed by atoms with Crippen molar-refractivity contribution >= 4 is 17.5 Å². The SMILES string of the molecule is CC[C@@H](NC(=O)Cc1ccc(O)c(Cl)c1)c1ncnn1CC. The molecule has 1 aromatic heterocycles. The van der Waals surface area contributed by atoms with Crippen LogP contribution in [0, 0.1) is 0 Å². The van der Waals surface area contributed by atoms with Gasteiger partial charge in [-0.2, -0.15) is 5.10 Å². The molecule has 1 heterocycles. The third-order valence-electron chi connectivity index (χ3n) is 3.38. The quantitative estimate of drug-likeness (QED) is 0.856. The van der Waals surface area contributed by atoms with Crippen molar-refractivity contribution in [1.82, 2.24) is 20.1 Å². The predicted molar refractivity (Wildman–Crippen MR) is 83.7 cm³/mol. The number of benzene rings is 1. The second kappa shape index (κ2) is 7.26. The van der Waals surface area contributed by atoms with E-state index in [0.29, 0.717) is 6.54 Å². The van der Waals surface area contributed by atoms with Gasteiger partial charge in [0.2, 0.25) is 5.91 Å². The number of hydrogen-bond acceptors (Lipinski definition) is 4. The first kappa shape index (κ1) is 16.3. The van der Waals surface area contributed by atoms with Crippen LogP contribution >= 0.6 is 11.6 Å². The molecule has 0 fully saturated rings. The summed E-state index contributed by atoms with van der Waals surface area (Å²) in [5.41, 5.74) is 0.743. The van der Waals surface area contributed by atoms with Crippen molar-refractivity contribution in [3.8, 4) is 5.75 Å². The van der Waals surface area contributed by atoms with E-state index in [1.54, 1.807) is 16.8 Å². The Morgan fingerprint density at radius 3 is 2.86 bits per heavy atom. The summed E-state index contributed by atoms with van der Waals surface area (Å²) in [6.45, 7) is 4.66. The van der Waals surface area contributed by atoms with Crippen molar-refractivity contribution in [3.63, 3.8) is 0 Å². The summed E-state index contributed by atoms with van der Waals surface area (Å²) >= 11 is 5.85. The fourth-order valence-electron chi connectivity index (χ4n) is 2.23. The zero-order chi connectivity index (χ0) is 16.1. The molecule has 2 N–H and O–H groups in total. The molecule has 1 amide bonds. The molecule has 2 aromatic rings. The lowest BCUT2D eigenvalue weighted by molar-refractivity contribution is -0.121. The van der Waals surface area contributed by atoms with Gasteiger partial charge in [-0.25, -0.2) is 9.67 Å². The number of carbonyl (C=O) groups excluding carboxylic acids is 1. The number of rotatable bonds is 6. The molecule has 0 aliphatic heterocycles. The van der Waals surface area contributed by atoms with E-state index < -0.39 is 0 Å². The summed E-state index contributed by atoms with van der Waals surface area (Å²) in [6, 6.07) is 4.57. The number of nitrogens with zero attached hydrogens (tertiary/aromatic N) is 3. The molecule has 1 atom stereocenters. The van der Waals surface area contributed by atoms with Crippen molar-refractivity contribution in [1.29, 1.82) is 0 Å². The molecule has 0 aliphatic rings. The number of amides is 1. The molecule has 0 spiro atoms. The third-order valence-corrected chi connectivity index (χ3v) is 3.68. The largest absolute Gasteiger partial charge is 0.506 e. The van der Waals surface area contributed by atoms with Gasteiger partial charge in [0.25, 0.3) is 0 Å². The van der Waals surface area contributed by atoms with Crippen LogP contribution in [0.15, 0.2) is 24.5 Å². The van der Waals surface area contributed by atoms with E-state index in [2.05, 4.69) is 15.4 Å². The average Bonchev–Trinajstić information content (AvgIpc) is 2.97. The molecule has 6 nitrogen and oxygen atoms in total. The first-order chi connectivity index (χ1) is 10.5. The molecular weight excluding hydrogens is 304 g/mol. The Labute approximate surface area is 134 Å². The summed E-state index contributed by atoms with van der Waals surface area (Å²) in [6.07, 6.45) is 2.41. The third kappa shape index (κ3) is 3.76. The molecule has 0 aliphatic carbocycles. The maximum absolute atomic E-state index is 12.2. The zero-order valence-corrected chi connectivity index (χ0v) is 13.3. The Balaban J connectivity index is 2.04. The maximum Gasteiger partial charge on any atom is 0.225 e. The van der Waals surface area contributed by atoms with Crippen LogP contribution in [0.2, 0.25) is 5.02 Å². The number of phenols is 1. The smallest absolute Gasteiger partial charge is 0.225 e. The molecule has 0 saturated heterocycles. The fourth-order valence-corrected chi connectivity index (χ4v) is 2.43. The van der Waals surface area contributed by atoms with Gasteiger partial charge in [0.05, 0.1) is 17.5 Å². The number of aromatic nitrogens is 3. The number of halogens is 1. The van der Waals surface area contributed by atoms with E-state index >= 15 is 0 Å². The van der Waals surface area contributed by atoms with Crippen molar-refractivity contribution in [2.45, 2.75) is 39.3 Å². The first-order valence-electron chi connectivity index (χ1n) is 7.19. The van der Waals surface area contributed by atoms with Gasteiger partial charge in [-0.05, 0) is 31.0 Å². The van der Waals surface area contributed by atoms with Gasteiger partial charge in [0.1, 0.15) is 17.9 Å². The number of carbonyl (C=O) groups is 1. The lowest BCUT2D eigenvalue weighted by atomic mass is 10.1. The summed E-state index contributed by atoms with van der Waals surface area (Å²) in [5, 5.41) is 16.7. The van der Waals surface area contributed by atoms with Gasteiger partial charge >= 0.3 is 0 Å². The van der Waals surface area contributed by atoms with Crippen LogP contribution in [-0.4, -0.2) is 25.8 Å². The van der Waals surface area contributed by atoms with Crippen molar-refractivity contribution in [2.24, 2.45) is 0 Å². The number of nitrogens with one attached hydrogen (secondary N) is 1. The summed E-state index contributed by atoms with van der Waals surface area (Å²) in [7, 11) is 0. The van der Waals surface area contributed by atoms with Crippen LogP contribution in [0.25, 0.3) is 0 Å². The van der Waals surface area contributed by atoms with Crippen LogP contribution in [0.3, 0.4) is 0 Å². The molecule has 118 valence electrons. The van der Waals surface area contributed by atoms with Crippen LogP contribution < -0.4 is 5.32 Å². The van der Waals surface area contributed by atoms with E-state index in [1.165, 1.54) is 12.4 Å². The molecule has 0 saturated carbocycles. The molecule has 0 unspecified atom stereocenters. The monoisotopic (exact) mass is 322 g/mol. The van der Waals surface area contributed by atoms with E-state index in [4.69, 9.17) is 11.6 Å². The second-order valence-electron chi connectivity index (χ2n) is 4.92.